The average Bonchev–Trinajstić information content (AvgIpc) is 1.79. The number of halogens is 5. The molecule has 0 spiro atoms. The van der Waals surface area contributed by atoms with Gasteiger partial charge in [-0.3, -0.25) is 0 Å². The van der Waals surface area contributed by atoms with E-state index in [0.717, 1.165) is 0 Å². The Labute approximate surface area is 70.5 Å². The van der Waals surface area contributed by atoms with E-state index in [4.69, 9.17) is 0 Å². The summed E-state index contributed by atoms with van der Waals surface area (Å²) in [5, 5.41) is 0. The van der Waals surface area contributed by atoms with Crippen LogP contribution in [0, 0.1) is 0 Å². The molecule has 0 aromatic rings. The molecule has 0 fully saturated rings. The van der Waals surface area contributed by atoms with Crippen molar-refractivity contribution in [2.45, 2.75) is 0 Å². The van der Waals surface area contributed by atoms with E-state index in [-0.39, 0.29) is 0 Å². The first-order chi connectivity index (χ1) is 5.68. The summed E-state index contributed by atoms with van der Waals surface area (Å²) in [6.07, 6.45) is 0. The number of rotatable bonds is 1. The zero-order valence-electron chi connectivity index (χ0n) is 5.98. The molecule has 0 saturated carbocycles. The maximum atomic E-state index is 12.9. The zero-order chi connectivity index (χ0) is 10.3. The molecule has 4 nitrogen and oxygen atoms in total. The summed E-state index contributed by atoms with van der Waals surface area (Å²) < 4.78 is 72.3. The van der Waals surface area contributed by atoms with Crippen molar-refractivity contribution in [2.24, 2.45) is 13.5 Å². The van der Waals surface area contributed by atoms with Crippen molar-refractivity contribution in [2.75, 3.05) is 7.11 Å². The van der Waals surface area contributed by atoms with Gasteiger partial charge >= 0.3 is 23.4 Å². The lowest BCUT2D eigenvalue weighted by Crippen LogP contribution is -1.76. The Morgan fingerprint density at radius 1 is 0.846 bits per heavy atom. The van der Waals surface area contributed by atoms with Gasteiger partial charge in [0, 0.05) is 7.11 Å². The van der Waals surface area contributed by atoms with Crippen LogP contribution in [0.2, 0.25) is 0 Å². The number of hydrogen-bond acceptors (Lipinski definition) is 4. The lowest BCUT2D eigenvalue weighted by molar-refractivity contribution is 0.420. The van der Waals surface area contributed by atoms with Crippen LogP contribution >= 0.6 is 23.4 Å². The van der Waals surface area contributed by atoms with Gasteiger partial charge in [0.2, 0.25) is 0 Å². The molecule has 1 heterocycles. The standard InChI is InChI=1S/CH3F5N3OP3/c1-10-13(6)8-11(2,3)7-12(4,5)9-13/h1H3. The molecule has 0 saturated heterocycles. The molecule has 0 aliphatic carbocycles. The van der Waals surface area contributed by atoms with E-state index in [1.165, 1.54) is 0 Å². The minimum absolute atomic E-state index is 0.659. The molecule has 1 aliphatic heterocycles. The number of nitrogens with zero attached hydrogens (tertiary/aromatic N) is 3. The molecule has 78 valence electrons. The monoisotopic (exact) mass is 261 g/mol. The molecule has 1 rings (SSSR count). The third-order valence-corrected chi connectivity index (χ3v) is 6.56. The molecule has 1 atom stereocenters. The first kappa shape index (κ1) is 11.4. The van der Waals surface area contributed by atoms with Crippen molar-refractivity contribution in [3.63, 3.8) is 0 Å². The topological polar surface area (TPSA) is 46.3 Å². The highest BCUT2D eigenvalue weighted by Gasteiger charge is 2.39. The van der Waals surface area contributed by atoms with Crippen LogP contribution in [0.4, 0.5) is 21.0 Å². The molecule has 0 bridgehead atoms. The Kier molecular flexibility index (Phi) is 2.76. The summed E-state index contributed by atoms with van der Waals surface area (Å²) >= 11 is 0. The molecule has 0 aromatic carbocycles. The van der Waals surface area contributed by atoms with Gasteiger partial charge in [0.15, 0.2) is 0 Å². The molecule has 0 N–H and O–H groups in total. The van der Waals surface area contributed by atoms with Crippen LogP contribution in [0.15, 0.2) is 13.5 Å². The lowest BCUT2D eigenvalue weighted by atomic mass is 11.8. The molecule has 1 unspecified atom stereocenters. The molecule has 12 heteroatoms. The lowest BCUT2D eigenvalue weighted by Gasteiger charge is -2.13. The summed E-state index contributed by atoms with van der Waals surface area (Å²) in [6, 6.07) is 0. The van der Waals surface area contributed by atoms with Crippen molar-refractivity contribution < 1.29 is 25.5 Å². The van der Waals surface area contributed by atoms with Gasteiger partial charge in [-0.1, -0.05) is 0 Å². The Morgan fingerprint density at radius 3 is 1.69 bits per heavy atom. The molecule has 0 radical (unpaired) electrons. The van der Waals surface area contributed by atoms with Gasteiger partial charge in [0.05, 0.1) is 0 Å². The zero-order valence-corrected chi connectivity index (χ0v) is 8.66. The fourth-order valence-electron chi connectivity index (χ4n) is 0.522. The Hall–Kier alpha value is 0.300. The van der Waals surface area contributed by atoms with Crippen LogP contribution in [0.25, 0.3) is 0 Å². The van der Waals surface area contributed by atoms with Crippen LogP contribution in [0.1, 0.15) is 0 Å². The summed E-state index contributed by atoms with van der Waals surface area (Å²) in [6.45, 7) is 0. The van der Waals surface area contributed by atoms with Crippen molar-refractivity contribution in [1.82, 2.24) is 0 Å². The highest BCUT2D eigenvalue weighted by Crippen LogP contribution is 2.81. The largest absolute Gasteiger partial charge is 0.425 e. The van der Waals surface area contributed by atoms with Crippen LogP contribution in [0.5, 0.6) is 0 Å². The second-order valence-electron chi connectivity index (χ2n) is 1.84. The van der Waals surface area contributed by atoms with E-state index >= 15 is 0 Å². The second kappa shape index (κ2) is 3.16. The molecule has 1 aliphatic rings. The second-order valence-corrected chi connectivity index (χ2v) is 7.12. The van der Waals surface area contributed by atoms with E-state index in [1.54, 1.807) is 0 Å². The SMILES string of the molecule is COP1(F)=NP(F)(F)=NP(F)(F)=N1. The van der Waals surface area contributed by atoms with Crippen LogP contribution in [0.3, 0.4) is 0 Å². The van der Waals surface area contributed by atoms with E-state index < -0.39 is 23.4 Å². The van der Waals surface area contributed by atoms with Crippen molar-refractivity contribution in [1.29, 1.82) is 0 Å². The normalized spacial score (nSPS) is 35.5. The van der Waals surface area contributed by atoms with Crippen molar-refractivity contribution in [3.05, 3.63) is 0 Å². The fraction of sp³-hybridized carbons (Fsp3) is 1.00. The molecule has 0 aromatic heterocycles. The minimum Gasteiger partial charge on any atom is -0.306 e. The van der Waals surface area contributed by atoms with Crippen LogP contribution in [-0.2, 0) is 4.52 Å². The highest BCUT2D eigenvalue weighted by atomic mass is 31.3. The van der Waals surface area contributed by atoms with Gasteiger partial charge in [0.1, 0.15) is 0 Å². The third kappa shape index (κ3) is 2.88. The summed E-state index contributed by atoms with van der Waals surface area (Å²) in [4.78, 5) is 0. The summed E-state index contributed by atoms with van der Waals surface area (Å²) in [5.74, 6) is 0. The fourth-order valence-corrected chi connectivity index (χ4v) is 5.66. The van der Waals surface area contributed by atoms with Crippen LogP contribution in [-0.4, -0.2) is 7.11 Å². The molecule has 0 amide bonds. The molecular weight excluding hydrogens is 258 g/mol. The minimum atomic E-state index is -5.59. The predicted molar refractivity (Wildman–Crippen MR) is 40.6 cm³/mol. The smallest absolute Gasteiger partial charge is 0.306 e. The highest BCUT2D eigenvalue weighted by molar-refractivity contribution is 7.77. The van der Waals surface area contributed by atoms with E-state index in [9.17, 15) is 21.0 Å². The van der Waals surface area contributed by atoms with Gasteiger partial charge in [-0.25, -0.2) is 0 Å². The Bertz CT molecular complexity index is 369. The van der Waals surface area contributed by atoms with Gasteiger partial charge in [-0.15, -0.1) is 30.3 Å². The van der Waals surface area contributed by atoms with Crippen molar-refractivity contribution in [3.8, 4) is 0 Å². The summed E-state index contributed by atoms with van der Waals surface area (Å²) in [7, 11) is -15.4. The van der Waals surface area contributed by atoms with E-state index in [0.29, 0.717) is 7.11 Å². The first-order valence-electron chi connectivity index (χ1n) is 2.64. The number of hydrogen-bond donors (Lipinski definition) is 0. The van der Waals surface area contributed by atoms with Crippen molar-refractivity contribution >= 4 is 23.4 Å². The maximum Gasteiger partial charge on any atom is 0.425 e. The van der Waals surface area contributed by atoms with Crippen LogP contribution < -0.4 is 0 Å². The Morgan fingerprint density at radius 2 is 1.31 bits per heavy atom. The average molecular weight is 261 g/mol. The van der Waals surface area contributed by atoms with E-state index in [1.807, 2.05) is 4.52 Å². The van der Waals surface area contributed by atoms with Gasteiger partial charge in [-0.2, -0.15) is 4.20 Å². The third-order valence-electron chi connectivity index (χ3n) is 0.883. The van der Waals surface area contributed by atoms with Gasteiger partial charge < -0.3 is 4.52 Å². The quantitative estimate of drug-likeness (QED) is 0.464. The first-order valence-corrected chi connectivity index (χ1v) is 7.09. The maximum absolute atomic E-state index is 12.9. The predicted octanol–water partition coefficient (Wildman–Crippen LogP) is 5.33. The molecule has 13 heavy (non-hydrogen) atoms. The molecular formula is CH3F5N3OP3. The van der Waals surface area contributed by atoms with E-state index in [2.05, 4.69) is 13.6 Å². The Balaban J connectivity index is 3.44. The van der Waals surface area contributed by atoms with Gasteiger partial charge in [0.25, 0.3) is 0 Å². The summed E-state index contributed by atoms with van der Waals surface area (Å²) in [5.41, 5.74) is 0. The van der Waals surface area contributed by atoms with Gasteiger partial charge in [-0.05, 0) is 0 Å².